The Kier molecular flexibility index (Phi) is 5.09. The molecule has 1 rings (SSSR count). The summed E-state index contributed by atoms with van der Waals surface area (Å²) in [5.41, 5.74) is 0.0448. The molecule has 0 bridgehead atoms. The Morgan fingerprint density at radius 2 is 2.05 bits per heavy atom. The highest BCUT2D eigenvalue weighted by Gasteiger charge is 2.26. The molecule has 1 unspecified atom stereocenters. The van der Waals surface area contributed by atoms with Gasteiger partial charge in [0.2, 0.25) is 5.95 Å². The van der Waals surface area contributed by atoms with Crippen molar-refractivity contribution in [3.8, 4) is 0 Å². The van der Waals surface area contributed by atoms with Crippen LogP contribution in [0.3, 0.4) is 0 Å². The van der Waals surface area contributed by atoms with Gasteiger partial charge in [-0.1, -0.05) is 27.7 Å². The van der Waals surface area contributed by atoms with Gasteiger partial charge >= 0.3 is 0 Å². The Balaban J connectivity index is 2.98. The summed E-state index contributed by atoms with van der Waals surface area (Å²) in [5, 5.41) is 3.08. The molecule has 1 aromatic rings. The molecule has 0 aliphatic rings. The van der Waals surface area contributed by atoms with Crippen LogP contribution < -0.4 is 10.2 Å². The summed E-state index contributed by atoms with van der Waals surface area (Å²) in [6, 6.07) is 0.163. The van der Waals surface area contributed by atoms with E-state index < -0.39 is 0 Å². The molecule has 19 heavy (non-hydrogen) atoms. The normalized spacial score (nSPS) is 13.2. The van der Waals surface area contributed by atoms with E-state index in [0.717, 1.165) is 13.0 Å². The van der Waals surface area contributed by atoms with Crippen LogP contribution in [0.1, 0.15) is 41.0 Å². The molecule has 0 radical (unpaired) electrons. The second kappa shape index (κ2) is 6.17. The molecule has 1 atom stereocenters. The fourth-order valence-corrected chi connectivity index (χ4v) is 1.69. The van der Waals surface area contributed by atoms with Crippen molar-refractivity contribution in [1.82, 2.24) is 9.97 Å². The van der Waals surface area contributed by atoms with Gasteiger partial charge in [-0.05, 0) is 18.8 Å². The van der Waals surface area contributed by atoms with E-state index in [1.165, 1.54) is 6.20 Å². The van der Waals surface area contributed by atoms with E-state index in [4.69, 9.17) is 0 Å². The number of anilines is 2. The maximum atomic E-state index is 13.9. The van der Waals surface area contributed by atoms with E-state index in [1.807, 2.05) is 11.9 Å². The van der Waals surface area contributed by atoms with Crippen LogP contribution in [0.4, 0.5) is 16.2 Å². The van der Waals surface area contributed by atoms with Crippen molar-refractivity contribution >= 4 is 11.8 Å². The molecule has 1 aromatic heterocycles. The summed E-state index contributed by atoms with van der Waals surface area (Å²) in [6.07, 6.45) is 2.20. The molecule has 0 fully saturated rings. The number of aromatic nitrogens is 2. The first-order valence-electron chi connectivity index (χ1n) is 6.76. The molecule has 0 aliphatic heterocycles. The average molecular weight is 268 g/mol. The molecular formula is C14H25FN4. The van der Waals surface area contributed by atoms with Gasteiger partial charge in [0, 0.05) is 19.6 Å². The van der Waals surface area contributed by atoms with E-state index >= 15 is 0 Å². The van der Waals surface area contributed by atoms with Gasteiger partial charge in [-0.3, -0.25) is 0 Å². The van der Waals surface area contributed by atoms with Crippen LogP contribution >= 0.6 is 0 Å². The standard InChI is InChI=1S/C14H25FN4/c1-7-8-16-13-17-9-11(15)12(18-13)19(6)10(2)14(3,4)5/h9-10H,7-8H2,1-6H3,(H,16,17,18). The van der Waals surface area contributed by atoms with Gasteiger partial charge in [-0.25, -0.2) is 9.37 Å². The highest BCUT2D eigenvalue weighted by molar-refractivity contribution is 5.44. The number of hydrogen-bond donors (Lipinski definition) is 1. The van der Waals surface area contributed by atoms with E-state index in [9.17, 15) is 4.39 Å². The number of nitrogens with zero attached hydrogens (tertiary/aromatic N) is 3. The molecule has 5 heteroatoms. The number of hydrogen-bond acceptors (Lipinski definition) is 4. The summed E-state index contributed by atoms with van der Waals surface area (Å²) in [5.74, 6) is 0.433. The lowest BCUT2D eigenvalue weighted by atomic mass is 9.87. The Morgan fingerprint density at radius 1 is 1.42 bits per heavy atom. The Morgan fingerprint density at radius 3 is 2.58 bits per heavy atom. The topological polar surface area (TPSA) is 41.1 Å². The molecule has 0 saturated heterocycles. The zero-order valence-electron chi connectivity index (χ0n) is 12.8. The Labute approximate surface area is 115 Å². The summed E-state index contributed by atoms with van der Waals surface area (Å²) in [6.45, 7) is 11.3. The van der Waals surface area contributed by atoms with E-state index in [-0.39, 0.29) is 17.3 Å². The van der Waals surface area contributed by atoms with Crippen molar-refractivity contribution in [3.63, 3.8) is 0 Å². The second-order valence-electron chi connectivity index (χ2n) is 5.94. The van der Waals surface area contributed by atoms with Crippen LogP contribution in [-0.2, 0) is 0 Å². The minimum absolute atomic E-state index is 0.0448. The lowest BCUT2D eigenvalue weighted by Gasteiger charge is -2.36. The van der Waals surface area contributed by atoms with Crippen LogP contribution in [-0.4, -0.2) is 29.6 Å². The van der Waals surface area contributed by atoms with Gasteiger partial charge in [0.25, 0.3) is 0 Å². The van der Waals surface area contributed by atoms with Gasteiger partial charge in [-0.15, -0.1) is 0 Å². The predicted molar refractivity (Wildman–Crippen MR) is 78.1 cm³/mol. The molecule has 108 valence electrons. The van der Waals surface area contributed by atoms with Crippen molar-refractivity contribution in [3.05, 3.63) is 12.0 Å². The van der Waals surface area contributed by atoms with Gasteiger partial charge in [0.15, 0.2) is 11.6 Å². The van der Waals surface area contributed by atoms with Gasteiger partial charge < -0.3 is 10.2 Å². The summed E-state index contributed by atoms with van der Waals surface area (Å²) in [7, 11) is 1.87. The monoisotopic (exact) mass is 268 g/mol. The zero-order valence-corrected chi connectivity index (χ0v) is 12.8. The second-order valence-corrected chi connectivity index (χ2v) is 5.94. The van der Waals surface area contributed by atoms with Gasteiger partial charge in [0.1, 0.15) is 0 Å². The van der Waals surface area contributed by atoms with Crippen LogP contribution in [0.2, 0.25) is 0 Å². The Hall–Kier alpha value is -1.39. The molecular weight excluding hydrogens is 243 g/mol. The molecule has 0 aromatic carbocycles. The first-order chi connectivity index (χ1) is 8.77. The first-order valence-corrected chi connectivity index (χ1v) is 6.76. The van der Waals surface area contributed by atoms with Crippen LogP contribution in [0.15, 0.2) is 6.20 Å². The van der Waals surface area contributed by atoms with Crippen molar-refractivity contribution in [2.24, 2.45) is 5.41 Å². The van der Waals surface area contributed by atoms with Crippen molar-refractivity contribution in [1.29, 1.82) is 0 Å². The lowest BCUT2D eigenvalue weighted by Crippen LogP contribution is -2.40. The molecule has 0 spiro atoms. The van der Waals surface area contributed by atoms with Crippen molar-refractivity contribution in [2.45, 2.75) is 47.1 Å². The first kappa shape index (κ1) is 15.7. The van der Waals surface area contributed by atoms with Crippen molar-refractivity contribution in [2.75, 3.05) is 23.8 Å². The fourth-order valence-electron chi connectivity index (χ4n) is 1.69. The van der Waals surface area contributed by atoms with Crippen LogP contribution in [0.25, 0.3) is 0 Å². The molecule has 0 saturated carbocycles. The maximum Gasteiger partial charge on any atom is 0.224 e. The number of nitrogens with one attached hydrogen (secondary N) is 1. The predicted octanol–water partition coefficient (Wildman–Crippen LogP) is 3.31. The Bertz CT molecular complexity index is 414. The zero-order chi connectivity index (χ0) is 14.6. The van der Waals surface area contributed by atoms with Crippen LogP contribution in [0, 0.1) is 11.2 Å². The smallest absolute Gasteiger partial charge is 0.224 e. The number of halogens is 1. The van der Waals surface area contributed by atoms with Gasteiger partial charge in [-0.2, -0.15) is 4.98 Å². The van der Waals surface area contributed by atoms with E-state index in [0.29, 0.717) is 11.8 Å². The SMILES string of the molecule is CCCNc1ncc(F)c(N(C)C(C)C(C)(C)C)n1. The van der Waals surface area contributed by atoms with Gasteiger partial charge in [0.05, 0.1) is 6.20 Å². The summed E-state index contributed by atoms with van der Waals surface area (Å²) >= 11 is 0. The van der Waals surface area contributed by atoms with Crippen LogP contribution in [0.5, 0.6) is 0 Å². The number of rotatable bonds is 5. The minimum Gasteiger partial charge on any atom is -0.354 e. The van der Waals surface area contributed by atoms with Crippen molar-refractivity contribution < 1.29 is 4.39 Å². The maximum absolute atomic E-state index is 13.9. The lowest BCUT2D eigenvalue weighted by molar-refractivity contribution is 0.326. The van der Waals surface area contributed by atoms with E-state index in [1.54, 1.807) is 0 Å². The third-order valence-corrected chi connectivity index (χ3v) is 3.43. The molecule has 1 N–H and O–H groups in total. The summed E-state index contributed by atoms with van der Waals surface area (Å²) < 4.78 is 13.9. The molecule has 0 aliphatic carbocycles. The third-order valence-electron chi connectivity index (χ3n) is 3.43. The summed E-state index contributed by atoms with van der Waals surface area (Å²) in [4.78, 5) is 10.1. The van der Waals surface area contributed by atoms with E-state index in [2.05, 4.69) is 49.9 Å². The fraction of sp³-hybridized carbons (Fsp3) is 0.714. The molecule has 1 heterocycles. The third kappa shape index (κ3) is 4.04. The minimum atomic E-state index is -0.388. The quantitative estimate of drug-likeness (QED) is 0.889. The highest BCUT2D eigenvalue weighted by atomic mass is 19.1. The highest BCUT2D eigenvalue weighted by Crippen LogP contribution is 2.27. The largest absolute Gasteiger partial charge is 0.354 e. The molecule has 0 amide bonds. The molecule has 4 nitrogen and oxygen atoms in total. The average Bonchev–Trinajstić information content (AvgIpc) is 2.35.